The van der Waals surface area contributed by atoms with Crippen LogP contribution in [-0.2, 0) is 0 Å². The zero-order valence-corrected chi connectivity index (χ0v) is 15.3. The van der Waals surface area contributed by atoms with Crippen LogP contribution in [0, 0.1) is 6.92 Å². The highest BCUT2D eigenvalue weighted by atomic mass is 127. The number of aryl methyl sites for hydroxylation is 1. The van der Waals surface area contributed by atoms with Crippen molar-refractivity contribution < 1.29 is 4.74 Å². The second-order valence-corrected chi connectivity index (χ2v) is 5.09. The number of likely N-dealkylation sites (tertiary alicyclic amines) is 1. The van der Waals surface area contributed by atoms with Crippen LogP contribution in [0.15, 0.2) is 29.3 Å². The van der Waals surface area contributed by atoms with E-state index >= 15 is 0 Å². The molecule has 1 aliphatic heterocycles. The molecule has 0 radical (unpaired) electrons. The highest BCUT2D eigenvalue weighted by Crippen LogP contribution is 2.11. The smallest absolute Gasteiger partial charge is 0.194 e. The van der Waals surface area contributed by atoms with Gasteiger partial charge in [0.05, 0.1) is 6.54 Å². The fourth-order valence-corrected chi connectivity index (χ4v) is 2.30. The van der Waals surface area contributed by atoms with Gasteiger partial charge in [0.25, 0.3) is 0 Å². The van der Waals surface area contributed by atoms with E-state index in [-0.39, 0.29) is 24.0 Å². The molecule has 1 saturated heterocycles. The molecule has 2 rings (SSSR count). The normalized spacial score (nSPS) is 14.8. The second-order valence-electron chi connectivity index (χ2n) is 5.09. The minimum absolute atomic E-state index is 0. The monoisotopic (exact) mass is 403 g/mol. The molecule has 0 unspecified atom stereocenters. The number of nitrogens with zero attached hydrogens (tertiary/aromatic N) is 2. The molecule has 1 aliphatic rings. The van der Waals surface area contributed by atoms with Crippen molar-refractivity contribution in [1.82, 2.24) is 10.2 Å². The zero-order chi connectivity index (χ0) is 14.2. The summed E-state index contributed by atoms with van der Waals surface area (Å²) in [5.41, 5.74) is 1.25. The van der Waals surface area contributed by atoms with Crippen LogP contribution in [0.25, 0.3) is 0 Å². The molecule has 0 amide bonds. The summed E-state index contributed by atoms with van der Waals surface area (Å²) in [5, 5.41) is 3.35. The van der Waals surface area contributed by atoms with Gasteiger partial charge in [-0.2, -0.15) is 0 Å². The van der Waals surface area contributed by atoms with Crippen molar-refractivity contribution in [3.63, 3.8) is 0 Å². The van der Waals surface area contributed by atoms with E-state index in [9.17, 15) is 0 Å². The standard InChI is InChI=1S/C16H25N3O.HI/c1-3-17-16(19-11-4-5-12-19)18-10-13-20-15-8-6-14(2)7-9-15;/h6-9H,3-5,10-13H2,1-2H3,(H,17,18);1H. The van der Waals surface area contributed by atoms with Crippen LogP contribution in [0.1, 0.15) is 25.3 Å². The number of rotatable bonds is 5. The lowest BCUT2D eigenvalue weighted by atomic mass is 10.2. The first-order chi connectivity index (χ1) is 9.79. The molecule has 0 aromatic heterocycles. The van der Waals surface area contributed by atoms with Crippen molar-refractivity contribution >= 4 is 29.9 Å². The summed E-state index contributed by atoms with van der Waals surface area (Å²) in [6, 6.07) is 8.13. The zero-order valence-electron chi connectivity index (χ0n) is 13.0. The van der Waals surface area contributed by atoms with E-state index < -0.39 is 0 Å². The van der Waals surface area contributed by atoms with Gasteiger partial charge in [-0.15, -0.1) is 24.0 Å². The Morgan fingerprint density at radius 2 is 1.90 bits per heavy atom. The van der Waals surface area contributed by atoms with Crippen LogP contribution in [0.4, 0.5) is 0 Å². The van der Waals surface area contributed by atoms with Crippen molar-refractivity contribution in [2.45, 2.75) is 26.7 Å². The number of guanidine groups is 1. The third-order valence-corrected chi connectivity index (χ3v) is 3.38. The van der Waals surface area contributed by atoms with Gasteiger partial charge in [-0.25, -0.2) is 4.99 Å². The minimum atomic E-state index is 0. The van der Waals surface area contributed by atoms with Crippen LogP contribution < -0.4 is 10.1 Å². The van der Waals surface area contributed by atoms with Gasteiger partial charge in [-0.05, 0) is 38.8 Å². The molecule has 4 nitrogen and oxygen atoms in total. The maximum atomic E-state index is 5.70. The summed E-state index contributed by atoms with van der Waals surface area (Å²) in [5.74, 6) is 1.94. The molecule has 21 heavy (non-hydrogen) atoms. The molecule has 1 heterocycles. The first-order valence-corrected chi connectivity index (χ1v) is 7.52. The van der Waals surface area contributed by atoms with E-state index in [1.165, 1.54) is 18.4 Å². The first-order valence-electron chi connectivity index (χ1n) is 7.52. The first kappa shape index (κ1) is 18.1. The summed E-state index contributed by atoms with van der Waals surface area (Å²) in [4.78, 5) is 6.96. The molecule has 0 spiro atoms. The quantitative estimate of drug-likeness (QED) is 0.356. The van der Waals surface area contributed by atoms with E-state index in [4.69, 9.17) is 4.74 Å². The number of aliphatic imine (C=N–C) groups is 1. The molecular formula is C16H26IN3O. The predicted molar refractivity (Wildman–Crippen MR) is 98.9 cm³/mol. The molecule has 0 aliphatic carbocycles. The highest BCUT2D eigenvalue weighted by molar-refractivity contribution is 14.0. The lowest BCUT2D eigenvalue weighted by Gasteiger charge is -2.20. The summed E-state index contributed by atoms with van der Waals surface area (Å²) in [6.45, 7) is 8.63. The van der Waals surface area contributed by atoms with Gasteiger partial charge in [0.1, 0.15) is 12.4 Å². The fraction of sp³-hybridized carbons (Fsp3) is 0.562. The third kappa shape index (κ3) is 6.11. The van der Waals surface area contributed by atoms with Crippen molar-refractivity contribution in [2.75, 3.05) is 32.8 Å². The maximum Gasteiger partial charge on any atom is 0.194 e. The summed E-state index contributed by atoms with van der Waals surface area (Å²) >= 11 is 0. The Morgan fingerprint density at radius 1 is 1.24 bits per heavy atom. The van der Waals surface area contributed by atoms with Crippen LogP contribution >= 0.6 is 24.0 Å². The topological polar surface area (TPSA) is 36.9 Å². The largest absolute Gasteiger partial charge is 0.492 e. The summed E-state index contributed by atoms with van der Waals surface area (Å²) in [6.07, 6.45) is 2.54. The van der Waals surface area contributed by atoms with E-state index in [1.807, 2.05) is 12.1 Å². The maximum absolute atomic E-state index is 5.70. The summed E-state index contributed by atoms with van der Waals surface area (Å²) < 4.78 is 5.70. The summed E-state index contributed by atoms with van der Waals surface area (Å²) in [7, 11) is 0. The number of hydrogen-bond donors (Lipinski definition) is 1. The van der Waals surface area contributed by atoms with Crippen molar-refractivity contribution in [2.24, 2.45) is 4.99 Å². The average Bonchev–Trinajstić information content (AvgIpc) is 2.98. The van der Waals surface area contributed by atoms with Crippen LogP contribution in [0.2, 0.25) is 0 Å². The van der Waals surface area contributed by atoms with Crippen molar-refractivity contribution in [3.05, 3.63) is 29.8 Å². The molecule has 1 fully saturated rings. The molecule has 0 bridgehead atoms. The number of ether oxygens (including phenoxy) is 1. The molecule has 0 atom stereocenters. The van der Waals surface area contributed by atoms with Crippen molar-refractivity contribution in [3.8, 4) is 5.75 Å². The fourth-order valence-electron chi connectivity index (χ4n) is 2.30. The molecule has 0 saturated carbocycles. The number of nitrogens with one attached hydrogen (secondary N) is 1. The molecular weight excluding hydrogens is 377 g/mol. The van der Waals surface area contributed by atoms with Gasteiger partial charge in [-0.1, -0.05) is 17.7 Å². The average molecular weight is 403 g/mol. The SMILES string of the molecule is CCNC(=NCCOc1ccc(C)cc1)N1CCCC1.I. The lowest BCUT2D eigenvalue weighted by Crippen LogP contribution is -2.39. The van der Waals surface area contributed by atoms with Crippen LogP contribution in [-0.4, -0.2) is 43.6 Å². The van der Waals surface area contributed by atoms with E-state index in [0.717, 1.165) is 31.3 Å². The van der Waals surface area contributed by atoms with E-state index in [1.54, 1.807) is 0 Å². The molecule has 118 valence electrons. The molecule has 1 aromatic carbocycles. The van der Waals surface area contributed by atoms with Gasteiger partial charge in [0.2, 0.25) is 0 Å². The Kier molecular flexibility index (Phi) is 8.49. The van der Waals surface area contributed by atoms with Gasteiger partial charge in [-0.3, -0.25) is 0 Å². The van der Waals surface area contributed by atoms with Crippen molar-refractivity contribution in [1.29, 1.82) is 0 Å². The Balaban J connectivity index is 0.00000220. The van der Waals surface area contributed by atoms with Gasteiger partial charge in [0.15, 0.2) is 5.96 Å². The Bertz CT molecular complexity index is 428. The third-order valence-electron chi connectivity index (χ3n) is 3.38. The molecule has 1 aromatic rings. The van der Waals surface area contributed by atoms with Crippen LogP contribution in [0.5, 0.6) is 5.75 Å². The minimum Gasteiger partial charge on any atom is -0.492 e. The number of hydrogen-bond acceptors (Lipinski definition) is 2. The number of benzene rings is 1. The Hall–Kier alpha value is -0.980. The van der Waals surface area contributed by atoms with E-state index in [2.05, 4.69) is 41.2 Å². The van der Waals surface area contributed by atoms with E-state index in [0.29, 0.717) is 13.2 Å². The second kappa shape index (κ2) is 9.87. The predicted octanol–water partition coefficient (Wildman–Crippen LogP) is 3.05. The van der Waals surface area contributed by atoms with Gasteiger partial charge < -0.3 is 15.0 Å². The van der Waals surface area contributed by atoms with Crippen LogP contribution in [0.3, 0.4) is 0 Å². The van der Waals surface area contributed by atoms with Gasteiger partial charge in [0, 0.05) is 19.6 Å². The number of halogens is 1. The Morgan fingerprint density at radius 3 is 2.52 bits per heavy atom. The van der Waals surface area contributed by atoms with Gasteiger partial charge >= 0.3 is 0 Å². The highest BCUT2D eigenvalue weighted by Gasteiger charge is 2.14. The lowest BCUT2D eigenvalue weighted by molar-refractivity contribution is 0.327. The Labute approximate surface area is 145 Å². The molecule has 5 heteroatoms. The molecule has 1 N–H and O–H groups in total.